The summed E-state index contributed by atoms with van der Waals surface area (Å²) in [7, 11) is -5.17. The third-order valence-corrected chi connectivity index (χ3v) is 3.16. The molecule has 0 fully saturated rings. The quantitative estimate of drug-likeness (QED) is 0.359. The predicted molar refractivity (Wildman–Crippen MR) is 78.6 cm³/mol. The van der Waals surface area contributed by atoms with Crippen LogP contribution in [0.4, 0.5) is 0 Å². The maximum absolute atomic E-state index is 8.68. The molecule has 0 aromatic carbocycles. The van der Waals surface area contributed by atoms with Gasteiger partial charge < -0.3 is 14.2 Å². The zero-order chi connectivity index (χ0) is 15.9. The van der Waals surface area contributed by atoms with Crippen molar-refractivity contribution in [3.8, 4) is 0 Å². The third-order valence-electron chi connectivity index (χ3n) is 3.16. The van der Waals surface area contributed by atoms with E-state index in [0.29, 0.717) is 6.61 Å². The second kappa shape index (κ2) is 15.2. The molecule has 0 saturated carbocycles. The van der Waals surface area contributed by atoms with Crippen molar-refractivity contribution in [2.24, 2.45) is 5.92 Å². The summed E-state index contributed by atoms with van der Waals surface area (Å²) in [5, 5.41) is 8.68. The summed E-state index contributed by atoms with van der Waals surface area (Å²) in [6, 6.07) is 0. The van der Waals surface area contributed by atoms with Crippen LogP contribution in [0.15, 0.2) is 0 Å². The van der Waals surface area contributed by atoms with Crippen molar-refractivity contribution in [3.63, 3.8) is 0 Å². The van der Waals surface area contributed by atoms with Crippen molar-refractivity contribution in [2.45, 2.75) is 78.1 Å². The minimum absolute atomic E-state index is 0.365. The Bertz CT molecular complexity index is 269. The SMILES string of the molecule is CCCCCCCCC(C)CCCCO.O=S(=O)([O-])[O-]. The summed E-state index contributed by atoms with van der Waals surface area (Å²) in [5.41, 5.74) is 0. The zero-order valence-electron chi connectivity index (χ0n) is 12.8. The maximum atomic E-state index is 8.68. The van der Waals surface area contributed by atoms with E-state index in [4.69, 9.17) is 22.6 Å². The van der Waals surface area contributed by atoms with Gasteiger partial charge in [-0.15, -0.1) is 0 Å². The Balaban J connectivity index is 0. The lowest BCUT2D eigenvalue weighted by Crippen LogP contribution is -1.96. The molecule has 1 N–H and O–H groups in total. The Morgan fingerprint density at radius 1 is 0.900 bits per heavy atom. The first-order valence-electron chi connectivity index (χ1n) is 7.58. The fourth-order valence-corrected chi connectivity index (χ4v) is 2.02. The molecule has 0 aliphatic rings. The predicted octanol–water partition coefficient (Wildman–Crippen LogP) is 3.20. The van der Waals surface area contributed by atoms with Gasteiger partial charge in [0.25, 0.3) is 0 Å². The summed E-state index contributed by atoms with van der Waals surface area (Å²) in [5.74, 6) is 0.864. The molecule has 0 spiro atoms. The van der Waals surface area contributed by atoms with E-state index in [-0.39, 0.29) is 0 Å². The van der Waals surface area contributed by atoms with Gasteiger partial charge in [0.15, 0.2) is 0 Å². The van der Waals surface area contributed by atoms with Crippen molar-refractivity contribution in [1.82, 2.24) is 0 Å². The van der Waals surface area contributed by atoms with Gasteiger partial charge in [0.2, 0.25) is 0 Å². The van der Waals surface area contributed by atoms with Gasteiger partial charge in [0.1, 0.15) is 0 Å². The molecule has 0 bridgehead atoms. The molecule has 5 nitrogen and oxygen atoms in total. The fourth-order valence-electron chi connectivity index (χ4n) is 2.02. The highest BCUT2D eigenvalue weighted by molar-refractivity contribution is 7.79. The minimum atomic E-state index is -5.17. The smallest absolute Gasteiger partial charge is 0.0431 e. The van der Waals surface area contributed by atoms with E-state index >= 15 is 0 Å². The van der Waals surface area contributed by atoms with E-state index in [0.717, 1.165) is 12.3 Å². The van der Waals surface area contributed by atoms with Gasteiger partial charge in [-0.1, -0.05) is 71.6 Å². The van der Waals surface area contributed by atoms with Crippen LogP contribution in [0.5, 0.6) is 0 Å². The normalized spacial score (nSPS) is 12.7. The van der Waals surface area contributed by atoms with E-state index < -0.39 is 10.4 Å². The van der Waals surface area contributed by atoms with Crippen LogP contribution in [-0.4, -0.2) is 29.2 Å². The monoisotopic (exact) mass is 310 g/mol. The van der Waals surface area contributed by atoms with Crippen LogP contribution in [0.3, 0.4) is 0 Å². The number of aliphatic hydroxyl groups excluding tert-OH is 1. The van der Waals surface area contributed by atoms with Gasteiger partial charge >= 0.3 is 0 Å². The standard InChI is InChI=1S/C14H30O.H2O4S/c1-3-4-5-6-7-8-11-14(2)12-9-10-13-15;1-5(2,3)4/h14-15H,3-13H2,1-2H3;(H2,1,2,3,4)/p-2. The van der Waals surface area contributed by atoms with Crippen molar-refractivity contribution in [3.05, 3.63) is 0 Å². The molecule has 0 radical (unpaired) electrons. The Morgan fingerprint density at radius 3 is 1.75 bits per heavy atom. The van der Waals surface area contributed by atoms with Crippen LogP contribution in [0.2, 0.25) is 0 Å². The minimum Gasteiger partial charge on any atom is -0.759 e. The number of hydrogen-bond acceptors (Lipinski definition) is 5. The Hall–Kier alpha value is -0.170. The van der Waals surface area contributed by atoms with Crippen LogP contribution in [-0.2, 0) is 10.4 Å². The topological polar surface area (TPSA) is 100 Å². The Kier molecular flexibility index (Phi) is 16.8. The first-order valence-corrected chi connectivity index (χ1v) is 8.92. The molecule has 1 unspecified atom stereocenters. The van der Waals surface area contributed by atoms with Crippen LogP contribution < -0.4 is 0 Å². The summed E-state index contributed by atoms with van der Waals surface area (Å²) in [6.07, 6.45) is 13.3. The molecule has 6 heteroatoms. The molecule has 0 aliphatic carbocycles. The average molecular weight is 310 g/mol. The molecular formula is C14H30O5S-2. The first kappa shape index (κ1) is 22.1. The van der Waals surface area contributed by atoms with Crippen LogP contribution >= 0.6 is 0 Å². The molecule has 0 heterocycles. The van der Waals surface area contributed by atoms with E-state index in [2.05, 4.69) is 13.8 Å². The van der Waals surface area contributed by atoms with Crippen molar-refractivity contribution in [1.29, 1.82) is 0 Å². The number of hydrogen-bond donors (Lipinski definition) is 1. The number of unbranched alkanes of at least 4 members (excludes halogenated alkanes) is 6. The van der Waals surface area contributed by atoms with Gasteiger partial charge in [-0.2, -0.15) is 0 Å². The van der Waals surface area contributed by atoms with E-state index in [1.807, 2.05) is 0 Å². The van der Waals surface area contributed by atoms with Crippen molar-refractivity contribution in [2.75, 3.05) is 6.61 Å². The maximum Gasteiger partial charge on any atom is 0.0431 e. The van der Waals surface area contributed by atoms with Gasteiger partial charge in [0, 0.05) is 17.0 Å². The molecular weight excluding hydrogens is 280 g/mol. The summed E-state index contributed by atoms with van der Waals surface area (Å²) in [6.45, 7) is 4.98. The highest BCUT2D eigenvalue weighted by Crippen LogP contribution is 2.16. The second-order valence-electron chi connectivity index (χ2n) is 5.29. The third kappa shape index (κ3) is 30.7. The molecule has 0 aromatic heterocycles. The summed E-state index contributed by atoms with van der Waals surface area (Å²) < 4.78 is 34.1. The molecule has 0 saturated heterocycles. The summed E-state index contributed by atoms with van der Waals surface area (Å²) >= 11 is 0. The number of rotatable bonds is 11. The highest BCUT2D eigenvalue weighted by Gasteiger charge is 2.01. The van der Waals surface area contributed by atoms with Gasteiger partial charge in [0.05, 0.1) is 0 Å². The largest absolute Gasteiger partial charge is 0.759 e. The van der Waals surface area contributed by atoms with Crippen molar-refractivity contribution < 1.29 is 22.6 Å². The van der Waals surface area contributed by atoms with E-state index in [9.17, 15) is 0 Å². The fraction of sp³-hybridized carbons (Fsp3) is 1.00. The zero-order valence-corrected chi connectivity index (χ0v) is 13.7. The van der Waals surface area contributed by atoms with Gasteiger partial charge in [-0.25, -0.2) is 0 Å². The molecule has 20 heavy (non-hydrogen) atoms. The lowest BCUT2D eigenvalue weighted by Gasteiger charge is -2.10. The van der Waals surface area contributed by atoms with Crippen LogP contribution in [0.1, 0.15) is 78.1 Å². The molecule has 0 aromatic rings. The van der Waals surface area contributed by atoms with Crippen LogP contribution in [0.25, 0.3) is 0 Å². The Labute approximate surface area is 124 Å². The second-order valence-corrected chi connectivity index (χ2v) is 6.11. The summed E-state index contributed by atoms with van der Waals surface area (Å²) in [4.78, 5) is 0. The first-order chi connectivity index (χ1) is 9.31. The van der Waals surface area contributed by atoms with Crippen LogP contribution in [0, 0.1) is 5.92 Å². The van der Waals surface area contributed by atoms with Crippen molar-refractivity contribution >= 4 is 10.4 Å². The lowest BCUT2D eigenvalue weighted by molar-refractivity contribution is 0.277. The molecule has 0 amide bonds. The molecule has 124 valence electrons. The number of aliphatic hydroxyl groups is 1. The van der Waals surface area contributed by atoms with Gasteiger partial charge in [-0.05, 0) is 12.3 Å². The van der Waals surface area contributed by atoms with Gasteiger partial charge in [-0.3, -0.25) is 8.42 Å². The van der Waals surface area contributed by atoms with E-state index in [1.54, 1.807) is 0 Å². The molecule has 1 atom stereocenters. The van der Waals surface area contributed by atoms with E-state index in [1.165, 1.54) is 57.8 Å². The highest BCUT2D eigenvalue weighted by atomic mass is 32.3. The molecule has 0 rings (SSSR count). The molecule has 0 aliphatic heterocycles. The Morgan fingerprint density at radius 2 is 1.30 bits per heavy atom. The average Bonchev–Trinajstić information content (AvgIpc) is 2.32. The lowest BCUT2D eigenvalue weighted by atomic mass is 9.97.